The number of nitrogens with one attached hydrogen (secondary N) is 2. The third kappa shape index (κ3) is 4.04. The normalized spacial score (nSPS) is 15.5. The van der Waals surface area contributed by atoms with Gasteiger partial charge in [0.2, 0.25) is 11.8 Å². The van der Waals surface area contributed by atoms with Gasteiger partial charge in [-0.25, -0.2) is 0 Å². The lowest BCUT2D eigenvalue weighted by Gasteiger charge is -2.24. The molecule has 0 saturated carbocycles. The van der Waals surface area contributed by atoms with Gasteiger partial charge in [0.05, 0.1) is 13.1 Å². The Labute approximate surface area is 154 Å². The standard InChI is InChI=1S/C21H25N3O2/c1-3-16-8-4-6-10-18(16)23-20(25)13-22-21(26)14-24-15(2)12-17-9-5-7-11-19(17)24/h4-11,15H,3,12-14H2,1-2H3,(H,22,26)(H,23,25). The van der Waals surface area contributed by atoms with E-state index in [9.17, 15) is 9.59 Å². The van der Waals surface area contributed by atoms with Crippen LogP contribution in [0.1, 0.15) is 25.0 Å². The van der Waals surface area contributed by atoms with Crippen LogP contribution in [-0.2, 0) is 22.4 Å². The molecule has 1 unspecified atom stereocenters. The Morgan fingerprint density at radius 1 is 1.08 bits per heavy atom. The van der Waals surface area contributed by atoms with Crippen molar-refractivity contribution >= 4 is 23.2 Å². The number of hydrogen-bond acceptors (Lipinski definition) is 3. The Morgan fingerprint density at radius 3 is 2.62 bits per heavy atom. The molecule has 2 amide bonds. The molecule has 0 saturated heterocycles. The largest absolute Gasteiger partial charge is 0.359 e. The predicted molar refractivity (Wildman–Crippen MR) is 104 cm³/mol. The maximum atomic E-state index is 12.3. The maximum absolute atomic E-state index is 12.3. The van der Waals surface area contributed by atoms with Crippen molar-refractivity contribution in [2.45, 2.75) is 32.7 Å². The van der Waals surface area contributed by atoms with Crippen LogP contribution in [0, 0.1) is 0 Å². The molecule has 1 aliphatic rings. The number of carbonyl (C=O) groups excluding carboxylic acids is 2. The molecule has 0 fully saturated rings. The molecule has 5 nitrogen and oxygen atoms in total. The van der Waals surface area contributed by atoms with E-state index in [4.69, 9.17) is 0 Å². The van der Waals surface area contributed by atoms with Crippen LogP contribution in [0.5, 0.6) is 0 Å². The van der Waals surface area contributed by atoms with Crippen molar-refractivity contribution in [1.29, 1.82) is 0 Å². The first-order valence-electron chi connectivity index (χ1n) is 9.07. The van der Waals surface area contributed by atoms with Crippen LogP contribution in [-0.4, -0.2) is 30.9 Å². The molecule has 5 heteroatoms. The molecular formula is C21H25N3O2. The smallest absolute Gasteiger partial charge is 0.243 e. The minimum Gasteiger partial charge on any atom is -0.359 e. The number of anilines is 2. The zero-order valence-electron chi connectivity index (χ0n) is 15.3. The van der Waals surface area contributed by atoms with Crippen LogP contribution in [0.2, 0.25) is 0 Å². The average molecular weight is 351 g/mol. The summed E-state index contributed by atoms with van der Waals surface area (Å²) in [6.07, 6.45) is 1.78. The summed E-state index contributed by atoms with van der Waals surface area (Å²) >= 11 is 0. The monoisotopic (exact) mass is 351 g/mol. The molecular weight excluding hydrogens is 326 g/mol. The molecule has 1 heterocycles. The van der Waals surface area contributed by atoms with Crippen molar-refractivity contribution in [3.8, 4) is 0 Å². The van der Waals surface area contributed by atoms with Gasteiger partial charge in [0.25, 0.3) is 0 Å². The molecule has 136 valence electrons. The highest BCUT2D eigenvalue weighted by Crippen LogP contribution is 2.31. The lowest BCUT2D eigenvalue weighted by atomic mass is 10.1. The third-order valence-electron chi connectivity index (χ3n) is 4.78. The topological polar surface area (TPSA) is 61.4 Å². The minimum atomic E-state index is -0.214. The second kappa shape index (κ2) is 8.04. The van der Waals surface area contributed by atoms with Crippen molar-refractivity contribution < 1.29 is 9.59 Å². The number of aryl methyl sites for hydroxylation is 1. The van der Waals surface area contributed by atoms with Crippen LogP contribution < -0.4 is 15.5 Å². The van der Waals surface area contributed by atoms with E-state index in [1.54, 1.807) is 0 Å². The zero-order chi connectivity index (χ0) is 18.5. The Balaban J connectivity index is 1.52. The van der Waals surface area contributed by atoms with Gasteiger partial charge in [-0.2, -0.15) is 0 Å². The second-order valence-corrected chi connectivity index (χ2v) is 6.65. The predicted octanol–water partition coefficient (Wildman–Crippen LogP) is 2.75. The number of carbonyl (C=O) groups is 2. The van der Waals surface area contributed by atoms with Gasteiger partial charge in [-0.3, -0.25) is 9.59 Å². The summed E-state index contributed by atoms with van der Waals surface area (Å²) in [7, 11) is 0. The summed E-state index contributed by atoms with van der Waals surface area (Å²) in [6.45, 7) is 4.39. The SMILES string of the molecule is CCc1ccccc1NC(=O)CNC(=O)CN1c2ccccc2CC1C. The maximum Gasteiger partial charge on any atom is 0.243 e. The lowest BCUT2D eigenvalue weighted by molar-refractivity contribution is -0.123. The molecule has 0 aromatic heterocycles. The molecule has 0 radical (unpaired) electrons. The number of para-hydroxylation sites is 2. The summed E-state index contributed by atoms with van der Waals surface area (Å²) in [5.41, 5.74) is 4.25. The molecule has 1 atom stereocenters. The quantitative estimate of drug-likeness (QED) is 0.841. The van der Waals surface area contributed by atoms with Crippen molar-refractivity contribution in [3.63, 3.8) is 0 Å². The van der Waals surface area contributed by atoms with Crippen LogP contribution in [0.15, 0.2) is 48.5 Å². The van der Waals surface area contributed by atoms with Gasteiger partial charge in [0.1, 0.15) is 0 Å². The first-order chi connectivity index (χ1) is 12.6. The van der Waals surface area contributed by atoms with Crippen LogP contribution in [0.4, 0.5) is 11.4 Å². The summed E-state index contributed by atoms with van der Waals surface area (Å²) < 4.78 is 0. The van der Waals surface area contributed by atoms with Crippen molar-refractivity contribution in [1.82, 2.24) is 5.32 Å². The fraction of sp³-hybridized carbons (Fsp3) is 0.333. The first kappa shape index (κ1) is 18.0. The highest BCUT2D eigenvalue weighted by atomic mass is 16.2. The number of benzene rings is 2. The van der Waals surface area contributed by atoms with E-state index in [1.165, 1.54) is 5.56 Å². The van der Waals surface area contributed by atoms with Crippen molar-refractivity contribution in [3.05, 3.63) is 59.7 Å². The van der Waals surface area contributed by atoms with E-state index in [-0.39, 0.29) is 30.9 Å². The Kier molecular flexibility index (Phi) is 5.56. The first-order valence-corrected chi connectivity index (χ1v) is 9.07. The molecule has 26 heavy (non-hydrogen) atoms. The fourth-order valence-electron chi connectivity index (χ4n) is 3.40. The summed E-state index contributed by atoms with van der Waals surface area (Å²) in [4.78, 5) is 26.5. The van der Waals surface area contributed by atoms with E-state index in [0.29, 0.717) is 0 Å². The summed E-state index contributed by atoms with van der Waals surface area (Å²) in [6, 6.07) is 16.1. The molecule has 2 N–H and O–H groups in total. The fourth-order valence-corrected chi connectivity index (χ4v) is 3.40. The summed E-state index contributed by atoms with van der Waals surface area (Å²) in [5.74, 6) is -0.360. The van der Waals surface area contributed by atoms with E-state index in [0.717, 1.165) is 29.8 Å². The molecule has 1 aliphatic heterocycles. The van der Waals surface area contributed by atoms with Gasteiger partial charge in [-0.15, -0.1) is 0 Å². The van der Waals surface area contributed by atoms with E-state index < -0.39 is 0 Å². The lowest BCUT2D eigenvalue weighted by Crippen LogP contribution is -2.42. The van der Waals surface area contributed by atoms with Crippen molar-refractivity contribution in [2.24, 2.45) is 0 Å². The van der Waals surface area contributed by atoms with Gasteiger partial charge >= 0.3 is 0 Å². The van der Waals surface area contributed by atoms with Crippen molar-refractivity contribution in [2.75, 3.05) is 23.3 Å². The Morgan fingerprint density at radius 2 is 1.81 bits per heavy atom. The number of fused-ring (bicyclic) bond motifs is 1. The van der Waals surface area contributed by atoms with E-state index in [1.807, 2.05) is 49.4 Å². The van der Waals surface area contributed by atoms with Gasteiger partial charge < -0.3 is 15.5 Å². The second-order valence-electron chi connectivity index (χ2n) is 6.65. The summed E-state index contributed by atoms with van der Waals surface area (Å²) in [5, 5.41) is 5.59. The minimum absolute atomic E-state index is 0.0270. The molecule has 0 bridgehead atoms. The van der Waals surface area contributed by atoms with Crippen LogP contribution in [0.3, 0.4) is 0 Å². The van der Waals surface area contributed by atoms with Gasteiger partial charge in [0.15, 0.2) is 0 Å². The van der Waals surface area contributed by atoms with Gasteiger partial charge in [-0.05, 0) is 43.0 Å². The number of nitrogens with zero attached hydrogens (tertiary/aromatic N) is 1. The van der Waals surface area contributed by atoms with Crippen LogP contribution >= 0.6 is 0 Å². The Bertz CT molecular complexity index is 803. The van der Waals surface area contributed by atoms with Gasteiger partial charge in [-0.1, -0.05) is 43.3 Å². The number of amides is 2. The van der Waals surface area contributed by atoms with E-state index in [2.05, 4.69) is 28.5 Å². The van der Waals surface area contributed by atoms with E-state index >= 15 is 0 Å². The van der Waals surface area contributed by atoms with Gasteiger partial charge in [0, 0.05) is 17.4 Å². The highest BCUT2D eigenvalue weighted by Gasteiger charge is 2.27. The highest BCUT2D eigenvalue weighted by molar-refractivity contribution is 5.95. The number of hydrogen-bond donors (Lipinski definition) is 2. The average Bonchev–Trinajstić information content (AvgIpc) is 2.96. The van der Waals surface area contributed by atoms with Crippen LogP contribution in [0.25, 0.3) is 0 Å². The molecule has 2 aromatic rings. The number of rotatable bonds is 6. The Hall–Kier alpha value is -2.82. The molecule has 3 rings (SSSR count). The third-order valence-corrected chi connectivity index (χ3v) is 4.78. The molecule has 0 aliphatic carbocycles. The molecule has 0 spiro atoms. The zero-order valence-corrected chi connectivity index (χ0v) is 15.3. The molecule has 2 aromatic carbocycles.